The molecule has 3 nitrogen and oxygen atoms in total. The van der Waals surface area contributed by atoms with E-state index in [0.717, 1.165) is 32.8 Å². The lowest BCUT2D eigenvalue weighted by Gasteiger charge is -2.21. The first-order chi connectivity index (χ1) is 5.85. The van der Waals surface area contributed by atoms with Gasteiger partial charge in [0.05, 0.1) is 13.2 Å². The van der Waals surface area contributed by atoms with Crippen molar-refractivity contribution >= 4 is 0 Å². The molecule has 2 aliphatic rings. The van der Waals surface area contributed by atoms with Crippen LogP contribution in [0.1, 0.15) is 12.8 Å². The average molecular weight is 170 g/mol. The Morgan fingerprint density at radius 3 is 2.92 bits per heavy atom. The number of nitrogens with zero attached hydrogens (tertiary/aromatic N) is 1. The van der Waals surface area contributed by atoms with Gasteiger partial charge < -0.3 is 10.5 Å². The lowest BCUT2D eigenvalue weighted by molar-refractivity contribution is 0.115. The van der Waals surface area contributed by atoms with Crippen molar-refractivity contribution in [2.24, 2.45) is 11.1 Å². The topological polar surface area (TPSA) is 38.5 Å². The Labute approximate surface area is 73.9 Å². The van der Waals surface area contributed by atoms with Gasteiger partial charge in [-0.15, -0.1) is 0 Å². The first-order valence-electron chi connectivity index (χ1n) is 4.85. The molecule has 2 fully saturated rings. The zero-order valence-electron chi connectivity index (χ0n) is 7.59. The molecular weight excluding hydrogens is 152 g/mol. The monoisotopic (exact) mass is 170 g/mol. The maximum Gasteiger partial charge on any atom is 0.0593 e. The fraction of sp³-hybridized carbons (Fsp3) is 1.00. The molecule has 0 unspecified atom stereocenters. The molecule has 0 aromatic carbocycles. The molecule has 0 atom stereocenters. The quantitative estimate of drug-likeness (QED) is 0.637. The van der Waals surface area contributed by atoms with E-state index in [1.807, 2.05) is 0 Å². The minimum absolute atomic E-state index is 0.533. The van der Waals surface area contributed by atoms with Crippen molar-refractivity contribution in [2.75, 3.05) is 39.4 Å². The van der Waals surface area contributed by atoms with Crippen LogP contribution in [-0.4, -0.2) is 44.3 Å². The van der Waals surface area contributed by atoms with Crippen LogP contribution in [0.2, 0.25) is 0 Å². The van der Waals surface area contributed by atoms with Gasteiger partial charge in [0.2, 0.25) is 0 Å². The van der Waals surface area contributed by atoms with E-state index in [1.54, 1.807) is 0 Å². The third-order valence-electron chi connectivity index (χ3n) is 2.92. The van der Waals surface area contributed by atoms with Crippen molar-refractivity contribution in [1.82, 2.24) is 4.90 Å². The minimum Gasteiger partial charge on any atom is -0.379 e. The lowest BCUT2D eigenvalue weighted by Crippen LogP contribution is -2.34. The van der Waals surface area contributed by atoms with E-state index in [1.165, 1.54) is 19.4 Å². The molecule has 1 spiro atoms. The van der Waals surface area contributed by atoms with Crippen LogP contribution in [0.5, 0.6) is 0 Å². The van der Waals surface area contributed by atoms with Crippen LogP contribution in [-0.2, 0) is 4.74 Å². The molecule has 12 heavy (non-hydrogen) atoms. The summed E-state index contributed by atoms with van der Waals surface area (Å²) in [5, 5.41) is 0. The molecule has 0 bridgehead atoms. The van der Waals surface area contributed by atoms with E-state index in [9.17, 15) is 0 Å². The molecule has 3 heteroatoms. The summed E-state index contributed by atoms with van der Waals surface area (Å²) in [4.78, 5) is 2.44. The molecule has 0 aromatic heterocycles. The molecule has 1 aliphatic carbocycles. The van der Waals surface area contributed by atoms with Gasteiger partial charge in [-0.1, -0.05) is 0 Å². The van der Waals surface area contributed by atoms with Crippen molar-refractivity contribution in [3.05, 3.63) is 0 Å². The number of hydrogen-bond acceptors (Lipinski definition) is 3. The van der Waals surface area contributed by atoms with Gasteiger partial charge >= 0.3 is 0 Å². The second-order valence-electron chi connectivity index (χ2n) is 4.12. The zero-order valence-corrected chi connectivity index (χ0v) is 7.59. The molecule has 2 rings (SSSR count). The van der Waals surface area contributed by atoms with Crippen LogP contribution in [0.25, 0.3) is 0 Å². The van der Waals surface area contributed by atoms with E-state index in [-0.39, 0.29) is 0 Å². The highest BCUT2D eigenvalue weighted by molar-refractivity contribution is 4.96. The first-order valence-corrected chi connectivity index (χ1v) is 4.85. The molecule has 1 saturated carbocycles. The van der Waals surface area contributed by atoms with Gasteiger partial charge in [-0.05, 0) is 12.8 Å². The highest BCUT2D eigenvalue weighted by Gasteiger charge is 2.44. The van der Waals surface area contributed by atoms with Crippen molar-refractivity contribution in [3.8, 4) is 0 Å². The molecule has 70 valence electrons. The van der Waals surface area contributed by atoms with E-state index in [2.05, 4.69) is 4.90 Å². The van der Waals surface area contributed by atoms with Crippen molar-refractivity contribution in [2.45, 2.75) is 12.8 Å². The second-order valence-corrected chi connectivity index (χ2v) is 4.12. The normalized spacial score (nSPS) is 28.8. The summed E-state index contributed by atoms with van der Waals surface area (Å²) in [5.41, 5.74) is 6.07. The molecule has 1 heterocycles. The highest BCUT2D eigenvalue weighted by Crippen LogP contribution is 2.47. The molecule has 0 amide bonds. The van der Waals surface area contributed by atoms with Gasteiger partial charge in [0.25, 0.3) is 0 Å². The van der Waals surface area contributed by atoms with Crippen LogP contribution in [0.4, 0.5) is 0 Å². The third-order valence-corrected chi connectivity index (χ3v) is 2.92. The van der Waals surface area contributed by atoms with Gasteiger partial charge in [0.1, 0.15) is 0 Å². The maximum absolute atomic E-state index is 5.57. The molecule has 0 aromatic rings. The van der Waals surface area contributed by atoms with Crippen LogP contribution >= 0.6 is 0 Å². The van der Waals surface area contributed by atoms with Crippen molar-refractivity contribution in [1.29, 1.82) is 0 Å². The SMILES string of the molecule is NCCN1CCOCC2(CC2)C1. The minimum atomic E-state index is 0.533. The number of rotatable bonds is 2. The first kappa shape index (κ1) is 8.48. The van der Waals surface area contributed by atoms with Crippen LogP contribution in [0, 0.1) is 5.41 Å². The Morgan fingerprint density at radius 1 is 1.42 bits per heavy atom. The Morgan fingerprint density at radius 2 is 2.25 bits per heavy atom. The van der Waals surface area contributed by atoms with E-state index in [0.29, 0.717) is 5.41 Å². The van der Waals surface area contributed by atoms with E-state index < -0.39 is 0 Å². The molecule has 0 radical (unpaired) electrons. The Balaban J connectivity index is 1.88. The average Bonchev–Trinajstić information content (AvgIpc) is 2.82. The summed E-state index contributed by atoms with van der Waals surface area (Å²) in [6.45, 7) is 5.96. The summed E-state index contributed by atoms with van der Waals surface area (Å²) in [6.07, 6.45) is 2.71. The van der Waals surface area contributed by atoms with Gasteiger partial charge in [-0.25, -0.2) is 0 Å². The zero-order chi connectivity index (χ0) is 8.44. The maximum atomic E-state index is 5.57. The van der Waals surface area contributed by atoms with Crippen LogP contribution < -0.4 is 5.73 Å². The van der Waals surface area contributed by atoms with E-state index >= 15 is 0 Å². The Bertz CT molecular complexity index is 157. The van der Waals surface area contributed by atoms with Crippen molar-refractivity contribution < 1.29 is 4.74 Å². The summed E-state index contributed by atoms with van der Waals surface area (Å²) >= 11 is 0. The second kappa shape index (κ2) is 3.32. The predicted octanol–water partition coefficient (Wildman–Crippen LogP) is 0.0575. The predicted molar refractivity (Wildman–Crippen MR) is 48.0 cm³/mol. The van der Waals surface area contributed by atoms with Gasteiger partial charge in [0.15, 0.2) is 0 Å². The Hall–Kier alpha value is -0.120. The molecular formula is C9H18N2O. The molecule has 2 N–H and O–H groups in total. The van der Waals surface area contributed by atoms with Gasteiger partial charge in [-0.3, -0.25) is 4.90 Å². The summed E-state index contributed by atoms with van der Waals surface area (Å²) < 4.78 is 5.57. The number of nitrogens with two attached hydrogens (primary N) is 1. The fourth-order valence-corrected chi connectivity index (χ4v) is 1.93. The third kappa shape index (κ3) is 1.79. The lowest BCUT2D eigenvalue weighted by atomic mass is 10.1. The van der Waals surface area contributed by atoms with Gasteiger partial charge in [-0.2, -0.15) is 0 Å². The van der Waals surface area contributed by atoms with Crippen LogP contribution in [0.3, 0.4) is 0 Å². The summed E-state index contributed by atoms with van der Waals surface area (Å²) in [5.74, 6) is 0. The smallest absolute Gasteiger partial charge is 0.0593 e. The largest absolute Gasteiger partial charge is 0.379 e. The molecule has 1 saturated heterocycles. The van der Waals surface area contributed by atoms with Crippen molar-refractivity contribution in [3.63, 3.8) is 0 Å². The number of ether oxygens (including phenoxy) is 1. The number of hydrogen-bond donors (Lipinski definition) is 1. The summed E-state index contributed by atoms with van der Waals surface area (Å²) in [7, 11) is 0. The standard InChI is InChI=1S/C9H18N2O/c10-3-4-11-5-6-12-8-9(7-11)1-2-9/h1-8,10H2. The summed E-state index contributed by atoms with van der Waals surface area (Å²) in [6, 6.07) is 0. The Kier molecular flexibility index (Phi) is 2.35. The fourth-order valence-electron chi connectivity index (χ4n) is 1.93. The highest BCUT2D eigenvalue weighted by atomic mass is 16.5. The van der Waals surface area contributed by atoms with E-state index in [4.69, 9.17) is 10.5 Å². The molecule has 1 aliphatic heterocycles. The van der Waals surface area contributed by atoms with Crippen LogP contribution in [0.15, 0.2) is 0 Å². The van der Waals surface area contributed by atoms with Gasteiger partial charge in [0, 0.05) is 31.6 Å².